The van der Waals surface area contributed by atoms with E-state index in [1.807, 2.05) is 19.9 Å². The predicted octanol–water partition coefficient (Wildman–Crippen LogP) is 1.36. The first-order valence-electron chi connectivity index (χ1n) is 13.8. The van der Waals surface area contributed by atoms with Crippen molar-refractivity contribution in [3.05, 3.63) is 36.0 Å². The van der Waals surface area contributed by atoms with E-state index in [0.29, 0.717) is 19.4 Å². The van der Waals surface area contributed by atoms with Gasteiger partial charge >= 0.3 is 11.9 Å². The van der Waals surface area contributed by atoms with Crippen molar-refractivity contribution in [1.29, 1.82) is 0 Å². The molecule has 3 fully saturated rings. The lowest BCUT2D eigenvalue weighted by molar-refractivity contribution is -0.240. The van der Waals surface area contributed by atoms with Gasteiger partial charge in [-0.15, -0.1) is 0 Å². The molecule has 39 heavy (non-hydrogen) atoms. The van der Waals surface area contributed by atoms with Crippen LogP contribution in [0.25, 0.3) is 0 Å². The quantitative estimate of drug-likeness (QED) is 0.250. The van der Waals surface area contributed by atoms with Crippen LogP contribution in [-0.2, 0) is 33.3 Å². The summed E-state index contributed by atoms with van der Waals surface area (Å²) < 4.78 is 30.2. The second kappa shape index (κ2) is 10.4. The van der Waals surface area contributed by atoms with E-state index < -0.39 is 70.9 Å². The molecule has 3 N–H and O–H groups in total. The number of esters is 2. The van der Waals surface area contributed by atoms with Gasteiger partial charge in [-0.3, -0.25) is 0 Å². The van der Waals surface area contributed by atoms with Gasteiger partial charge in [-0.25, -0.2) is 9.59 Å². The zero-order chi connectivity index (χ0) is 28.2. The molecule has 1 saturated carbocycles. The Morgan fingerprint density at radius 1 is 1.13 bits per heavy atom. The van der Waals surface area contributed by atoms with Crippen LogP contribution in [0.5, 0.6) is 0 Å². The van der Waals surface area contributed by atoms with E-state index >= 15 is 0 Å². The average molecular weight is 549 g/mol. The second-order valence-electron chi connectivity index (χ2n) is 12.0. The molecule has 0 aromatic carbocycles. The van der Waals surface area contributed by atoms with Gasteiger partial charge in [0.05, 0.1) is 36.4 Å². The largest absolute Gasteiger partial charge is 0.463 e. The van der Waals surface area contributed by atoms with Gasteiger partial charge in [0, 0.05) is 24.5 Å². The maximum atomic E-state index is 13.1. The van der Waals surface area contributed by atoms with Crippen molar-refractivity contribution in [2.24, 2.45) is 16.7 Å². The van der Waals surface area contributed by atoms with Gasteiger partial charge in [-0.1, -0.05) is 38.2 Å². The molecule has 2 spiro atoms. The van der Waals surface area contributed by atoms with Gasteiger partial charge in [-0.2, -0.15) is 0 Å². The summed E-state index contributed by atoms with van der Waals surface area (Å²) in [5, 5.41) is 31.8. The van der Waals surface area contributed by atoms with Crippen LogP contribution in [0.15, 0.2) is 36.0 Å². The fraction of sp³-hybridized carbons (Fsp3) is 0.724. The number of rotatable bonds is 1. The predicted molar refractivity (Wildman–Crippen MR) is 137 cm³/mol. The SMILES string of the molecule is CC1=CC2O[C@@H]3C[C@H]4OC(=O)/C=C\C=C\[C@H]([C@@H](C)O)OCC[C@@H](C)[C@@H](O)C(=O)OCC2(CC1O)[C@]4(C)[C@]31CO1. The lowest BCUT2D eigenvalue weighted by Crippen LogP contribution is -2.68. The van der Waals surface area contributed by atoms with E-state index in [9.17, 15) is 24.9 Å². The lowest BCUT2D eigenvalue weighted by Gasteiger charge is -2.58. The van der Waals surface area contributed by atoms with Crippen molar-refractivity contribution in [3.8, 4) is 0 Å². The number of hydrogen-bond donors (Lipinski definition) is 3. The van der Waals surface area contributed by atoms with E-state index in [1.54, 1.807) is 26.0 Å². The van der Waals surface area contributed by atoms with Crippen LogP contribution >= 0.6 is 0 Å². The number of hydrogen-bond acceptors (Lipinski definition) is 10. The van der Waals surface area contributed by atoms with Gasteiger partial charge in [0.15, 0.2) is 6.10 Å². The molecule has 0 amide bonds. The molecule has 0 aromatic heterocycles. The van der Waals surface area contributed by atoms with Crippen molar-refractivity contribution < 1.29 is 48.6 Å². The minimum atomic E-state index is -1.40. The Morgan fingerprint density at radius 3 is 2.56 bits per heavy atom. The minimum Gasteiger partial charge on any atom is -0.463 e. The number of allylic oxidation sites excluding steroid dienone is 2. The van der Waals surface area contributed by atoms with E-state index in [1.165, 1.54) is 12.2 Å². The maximum absolute atomic E-state index is 13.1. The topological polar surface area (TPSA) is 144 Å². The van der Waals surface area contributed by atoms with Crippen molar-refractivity contribution in [2.45, 2.75) is 95.3 Å². The number of ether oxygens (including phenoxy) is 5. The second-order valence-corrected chi connectivity index (χ2v) is 12.0. The van der Waals surface area contributed by atoms with Crippen molar-refractivity contribution in [2.75, 3.05) is 19.8 Å². The van der Waals surface area contributed by atoms with Crippen molar-refractivity contribution in [3.63, 3.8) is 0 Å². The fourth-order valence-corrected chi connectivity index (χ4v) is 7.05. The number of cyclic esters (lactones) is 1. The molecule has 216 valence electrons. The molecule has 0 radical (unpaired) electrons. The van der Waals surface area contributed by atoms with Gasteiger partial charge in [0.2, 0.25) is 0 Å². The monoisotopic (exact) mass is 548 g/mol. The highest BCUT2D eigenvalue weighted by molar-refractivity contribution is 5.82. The molecule has 2 bridgehead atoms. The van der Waals surface area contributed by atoms with E-state index in [0.717, 1.165) is 5.57 Å². The molecule has 5 aliphatic rings. The number of carbonyl (C=O) groups excluding carboxylic acids is 2. The van der Waals surface area contributed by atoms with E-state index in [4.69, 9.17) is 23.7 Å². The summed E-state index contributed by atoms with van der Waals surface area (Å²) in [5.41, 5.74) is -1.79. The molecule has 3 unspecified atom stereocenters. The molecule has 10 heteroatoms. The molecule has 11 atom stereocenters. The fourth-order valence-electron chi connectivity index (χ4n) is 7.05. The Morgan fingerprint density at radius 2 is 1.87 bits per heavy atom. The maximum Gasteiger partial charge on any atom is 0.335 e. The summed E-state index contributed by atoms with van der Waals surface area (Å²) in [6.07, 6.45) is 3.82. The molecule has 0 aromatic rings. The average Bonchev–Trinajstić information content (AvgIpc) is 3.67. The first kappa shape index (κ1) is 28.4. The summed E-state index contributed by atoms with van der Waals surface area (Å²) in [6, 6.07) is 0. The van der Waals surface area contributed by atoms with Crippen LogP contribution < -0.4 is 0 Å². The van der Waals surface area contributed by atoms with Gasteiger partial charge in [-0.05, 0) is 38.2 Å². The van der Waals surface area contributed by atoms with Gasteiger partial charge < -0.3 is 39.0 Å². The number of epoxide rings is 1. The normalized spacial score (nSPS) is 49.0. The van der Waals surface area contributed by atoms with Crippen LogP contribution in [0.4, 0.5) is 0 Å². The first-order chi connectivity index (χ1) is 18.4. The molecule has 3 aliphatic heterocycles. The standard InChI is InChI=1S/C29H40O10/c1-16-9-10-35-20(18(3)30)7-5-6-8-24(32)39-21-12-23-29(15-37-29)27(21,4)28(14-36-26(34)25(16)33)13-19(31)17(2)11-22(28)38-23/h5-8,11,16,18-23,25,30-31,33H,9-10,12-15H2,1-4H3/b7-5+,8-6-/t16-,18-,19?,20-,21-,22?,23-,25-,27-,28?,29+/m1/s1. The lowest BCUT2D eigenvalue weighted by atomic mass is 9.51. The zero-order valence-corrected chi connectivity index (χ0v) is 22.9. The smallest absolute Gasteiger partial charge is 0.335 e. The summed E-state index contributed by atoms with van der Waals surface area (Å²) >= 11 is 0. The van der Waals surface area contributed by atoms with Gasteiger partial charge in [0.1, 0.15) is 24.4 Å². The Bertz CT molecular complexity index is 1060. The molecule has 10 nitrogen and oxygen atoms in total. The summed E-state index contributed by atoms with van der Waals surface area (Å²) in [5.74, 6) is -1.81. The third kappa shape index (κ3) is 4.59. The number of carbonyl (C=O) groups is 2. The van der Waals surface area contributed by atoms with E-state index in [-0.39, 0.29) is 25.7 Å². The molecule has 5 rings (SSSR count). The highest BCUT2D eigenvalue weighted by Gasteiger charge is 2.83. The highest BCUT2D eigenvalue weighted by atomic mass is 16.6. The molecular weight excluding hydrogens is 508 g/mol. The summed E-state index contributed by atoms with van der Waals surface area (Å²) in [6.45, 7) is 7.58. The molecule has 3 heterocycles. The number of aliphatic hydroxyl groups excluding tert-OH is 3. The first-order valence-corrected chi connectivity index (χ1v) is 13.8. The highest BCUT2D eigenvalue weighted by Crippen LogP contribution is 2.72. The van der Waals surface area contributed by atoms with Crippen molar-refractivity contribution >= 4 is 11.9 Å². The van der Waals surface area contributed by atoms with Crippen LogP contribution in [0.2, 0.25) is 0 Å². The Kier molecular flexibility index (Phi) is 7.58. The van der Waals surface area contributed by atoms with Crippen LogP contribution in [-0.4, -0.2) is 95.4 Å². The third-order valence-electron chi connectivity index (χ3n) is 9.83. The summed E-state index contributed by atoms with van der Waals surface area (Å²) in [4.78, 5) is 26.1. The number of aliphatic hydroxyl groups is 3. The minimum absolute atomic E-state index is 0.150. The summed E-state index contributed by atoms with van der Waals surface area (Å²) in [7, 11) is 0. The van der Waals surface area contributed by atoms with Gasteiger partial charge in [0.25, 0.3) is 0 Å². The Balaban J connectivity index is 1.53. The van der Waals surface area contributed by atoms with Crippen LogP contribution in [0, 0.1) is 16.7 Å². The Hall–Kier alpha value is -2.08. The van der Waals surface area contributed by atoms with E-state index in [2.05, 4.69) is 0 Å². The van der Waals surface area contributed by atoms with Crippen LogP contribution in [0.3, 0.4) is 0 Å². The van der Waals surface area contributed by atoms with Crippen molar-refractivity contribution in [1.82, 2.24) is 0 Å². The molecule has 2 aliphatic carbocycles. The molecule has 2 saturated heterocycles. The third-order valence-corrected chi connectivity index (χ3v) is 9.83. The zero-order valence-electron chi connectivity index (χ0n) is 22.9. The van der Waals surface area contributed by atoms with Crippen LogP contribution in [0.1, 0.15) is 47.0 Å². The molecular formula is C29H40O10. The Labute approximate surface area is 228 Å².